The third-order valence-corrected chi connectivity index (χ3v) is 0. The van der Waals surface area contributed by atoms with Crippen LogP contribution in [0.25, 0.3) is 0 Å². The van der Waals surface area contributed by atoms with Crippen LogP contribution in [0.1, 0.15) is 0 Å². The van der Waals surface area contributed by atoms with Crippen molar-refractivity contribution in [2.45, 2.75) is 0 Å². The van der Waals surface area contributed by atoms with Gasteiger partial charge in [0.25, 0.3) is 0 Å². The molecule has 0 aromatic carbocycles. The Morgan fingerprint density at radius 1 is 1.00 bits per heavy atom. The Morgan fingerprint density at radius 3 is 1.00 bits per heavy atom. The summed E-state index contributed by atoms with van der Waals surface area (Å²) in [4.78, 5) is 0. The van der Waals surface area contributed by atoms with Crippen molar-refractivity contribution in [3.8, 4) is 0 Å². The van der Waals surface area contributed by atoms with Gasteiger partial charge in [-0.25, -0.2) is 0 Å². The second-order valence-electron chi connectivity index (χ2n) is 0. The molecule has 0 atom stereocenters. The molecule has 28 valence electrons. The molecule has 0 aromatic heterocycles. The summed E-state index contributed by atoms with van der Waals surface area (Å²) in [5.41, 5.74) is 0. The second-order valence-corrected chi connectivity index (χ2v) is 0. The summed E-state index contributed by atoms with van der Waals surface area (Å²) in [6.07, 6.45) is 0. The van der Waals surface area contributed by atoms with Crippen LogP contribution in [0.5, 0.6) is 0 Å². The van der Waals surface area contributed by atoms with Crippen LogP contribution in [0.3, 0.4) is 0 Å². The summed E-state index contributed by atoms with van der Waals surface area (Å²) in [6, 6.07) is 0. The molecule has 0 aliphatic rings. The van der Waals surface area contributed by atoms with Gasteiger partial charge in [-0.2, -0.15) is 0 Å². The molecule has 0 saturated heterocycles. The average molecular weight is 186 g/mol. The second kappa shape index (κ2) is 44.4. The van der Waals surface area contributed by atoms with Crippen LogP contribution >= 0.6 is 0 Å². The number of hydrogen-bond acceptors (Lipinski definition) is 3. The minimum atomic E-state index is 0. The summed E-state index contributed by atoms with van der Waals surface area (Å²) in [5, 5.41) is 0. The number of rotatable bonds is 0. The number of hydrogen-bond donors (Lipinski definition) is 0. The fraction of sp³-hybridized carbons (Fsp3) is 0. The normalized spacial score (nSPS) is 0.800. The molecular weight excluding hydrogens is 184 g/mol. The molecule has 5 heteroatoms. The van der Waals surface area contributed by atoms with Crippen LogP contribution < -0.4 is 0 Å². The summed E-state index contributed by atoms with van der Waals surface area (Å²) < 4.78 is 8.26. The fourth-order valence-corrected chi connectivity index (χ4v) is 0. The molecule has 0 amide bonds. The summed E-state index contributed by atoms with van der Waals surface area (Å²) in [5.74, 6) is 0. The van der Waals surface area contributed by atoms with Crippen molar-refractivity contribution in [1.29, 1.82) is 0 Å². The van der Waals surface area contributed by atoms with Gasteiger partial charge in [0.2, 0.25) is 0 Å². The molecule has 0 unspecified atom stereocenters. The molecular formula is H2CaMoO3. The van der Waals surface area contributed by atoms with E-state index < -0.39 is 0 Å². The predicted molar refractivity (Wildman–Crippen MR) is 10.3 cm³/mol. The van der Waals surface area contributed by atoms with Crippen LogP contribution in [-0.2, 0) is 23.2 Å². The van der Waals surface area contributed by atoms with Gasteiger partial charge in [0.15, 0.2) is 0 Å². The van der Waals surface area contributed by atoms with Gasteiger partial charge in [0.1, 0.15) is 0 Å². The third kappa shape index (κ3) is 27.4. The van der Waals surface area contributed by atoms with E-state index in [1.54, 1.807) is 0 Å². The van der Waals surface area contributed by atoms with Crippen molar-refractivity contribution >= 4 is 37.7 Å². The summed E-state index contributed by atoms with van der Waals surface area (Å²) in [7, 11) is 0. The van der Waals surface area contributed by atoms with Crippen LogP contribution in [0, 0.1) is 0 Å². The van der Waals surface area contributed by atoms with E-state index in [4.69, 9.17) is 3.40 Å². The van der Waals surface area contributed by atoms with E-state index in [1.807, 2.05) is 0 Å². The van der Waals surface area contributed by atoms with Crippen LogP contribution in [0.15, 0.2) is 0 Å². The molecule has 0 heterocycles. The van der Waals surface area contributed by atoms with E-state index in [2.05, 4.69) is 0 Å². The van der Waals surface area contributed by atoms with Gasteiger partial charge in [-0.1, -0.05) is 0 Å². The van der Waals surface area contributed by atoms with E-state index >= 15 is 0 Å². The fourth-order valence-electron chi connectivity index (χ4n) is 0. The maximum absolute atomic E-state index is 8.26. The van der Waals surface area contributed by atoms with Gasteiger partial charge in [-0.15, -0.1) is 0 Å². The van der Waals surface area contributed by atoms with Gasteiger partial charge in [-0.3, -0.25) is 0 Å². The molecule has 0 spiro atoms. The zero-order chi connectivity index (χ0) is 2.00. The van der Waals surface area contributed by atoms with Crippen LogP contribution in [-0.4, -0.2) is 48.7 Å². The van der Waals surface area contributed by atoms with Gasteiger partial charge < -0.3 is 11.0 Å². The minimum absolute atomic E-state index is 0. The third-order valence-electron chi connectivity index (χ3n) is 0. The first kappa shape index (κ1) is 30.1. The monoisotopic (exact) mass is 188 g/mol. The van der Waals surface area contributed by atoms with Crippen molar-refractivity contribution < 1.29 is 34.1 Å². The first-order valence-electron chi connectivity index (χ1n) is 0.167. The summed E-state index contributed by atoms with van der Waals surface area (Å²) >= 11 is 0.700. The van der Waals surface area contributed by atoms with Crippen molar-refractivity contribution in [3.63, 3.8) is 0 Å². The van der Waals surface area contributed by atoms with Gasteiger partial charge >= 0.3 is 60.9 Å². The topological polar surface area (TPSA) is 77.1 Å². The van der Waals surface area contributed by atoms with Crippen molar-refractivity contribution in [1.82, 2.24) is 0 Å². The molecule has 0 radical (unpaired) electrons. The van der Waals surface area contributed by atoms with E-state index in [0.717, 1.165) is 0 Å². The molecule has 5 heavy (non-hydrogen) atoms. The molecule has 2 N–H and O–H groups in total. The molecule has 0 aliphatic heterocycles. The molecule has 3 nitrogen and oxygen atoms in total. The van der Waals surface area contributed by atoms with E-state index in [1.165, 1.54) is 0 Å². The summed E-state index contributed by atoms with van der Waals surface area (Å²) in [6.45, 7) is 0. The van der Waals surface area contributed by atoms with Gasteiger partial charge in [0.05, 0.1) is 0 Å². The Morgan fingerprint density at radius 2 is 1.00 bits per heavy atom. The Labute approximate surface area is 70.9 Å². The molecule has 0 saturated carbocycles. The standard InChI is InChI=1S/Ca.Mo.2H2O.O/h;;2*1H2;/q+2;;;;/p-2. The van der Waals surface area contributed by atoms with Gasteiger partial charge in [-0.05, 0) is 0 Å². The van der Waals surface area contributed by atoms with E-state index in [0.29, 0.717) is 19.8 Å². The predicted octanol–water partition coefficient (Wildman–Crippen LogP) is -0.856. The van der Waals surface area contributed by atoms with Crippen molar-refractivity contribution in [2.24, 2.45) is 0 Å². The first-order chi connectivity index (χ1) is 1.00. The zero-order valence-corrected chi connectivity index (χ0v) is 6.63. The van der Waals surface area contributed by atoms with Gasteiger partial charge in [0, 0.05) is 0 Å². The molecule has 0 fully saturated rings. The Kier molecular flexibility index (Phi) is 267. The Balaban J connectivity index is -0.00000000167. The zero-order valence-electron chi connectivity index (χ0n) is 2.42. The average Bonchev–Trinajstić information content (AvgIpc) is 1.00. The van der Waals surface area contributed by atoms with Crippen molar-refractivity contribution in [2.75, 3.05) is 0 Å². The SMILES string of the molecule is [Ca+2].[OH-].[OH-].[O]=[Mo]. The van der Waals surface area contributed by atoms with Crippen LogP contribution in [0.2, 0.25) is 0 Å². The molecule has 0 aliphatic carbocycles. The first-order valence-corrected chi connectivity index (χ1v) is 0.986. The Hall–Kier alpha value is 1.67. The van der Waals surface area contributed by atoms with Crippen molar-refractivity contribution in [3.05, 3.63) is 0 Å². The molecule has 0 rings (SSSR count). The maximum atomic E-state index is 8.26. The Bertz CT molecular complexity index is 6.85. The quantitative estimate of drug-likeness (QED) is 0.462. The van der Waals surface area contributed by atoms with Crippen LogP contribution in [0.4, 0.5) is 0 Å². The molecule has 0 aromatic rings. The van der Waals surface area contributed by atoms with E-state index in [-0.39, 0.29) is 48.7 Å². The van der Waals surface area contributed by atoms with E-state index in [9.17, 15) is 0 Å². The molecule has 0 bridgehead atoms.